The first-order valence-electron chi connectivity index (χ1n) is 3.00. The molecule has 0 aliphatic carbocycles. The van der Waals surface area contributed by atoms with Crippen LogP contribution in [0.2, 0.25) is 0 Å². The Bertz CT molecular complexity index is 434. The zero-order chi connectivity index (χ0) is 15.6. The van der Waals surface area contributed by atoms with Crippen molar-refractivity contribution in [2.75, 3.05) is 0 Å². The number of halogens is 4. The third-order valence-electron chi connectivity index (χ3n) is 0.400. The molecule has 0 atom stereocenters. The number of carbonyl (C=O) groups is 2. The molecule has 0 bridgehead atoms. The first-order valence-corrected chi connectivity index (χ1v) is 5.98. The van der Waals surface area contributed by atoms with Gasteiger partial charge in [0.2, 0.25) is 0 Å². The van der Waals surface area contributed by atoms with Gasteiger partial charge in [0.25, 0.3) is 0 Å². The SMILES string of the molecule is N#CP(=O)(F)F.N#CP(=O)(F)F.O=C([O-])C(=O)[O-].[Li+].[Li+]. The van der Waals surface area contributed by atoms with E-state index in [2.05, 4.69) is 0 Å². The van der Waals surface area contributed by atoms with Crippen LogP contribution >= 0.6 is 15.5 Å². The van der Waals surface area contributed by atoms with Crippen LogP contribution in [0.3, 0.4) is 0 Å². The predicted octanol–water partition coefficient (Wildman–Crippen LogP) is -6.31. The van der Waals surface area contributed by atoms with Crippen LogP contribution < -0.4 is 47.9 Å². The molecule has 0 aromatic rings. The van der Waals surface area contributed by atoms with Gasteiger partial charge in [0.05, 0.1) is 11.9 Å². The third-order valence-corrected chi connectivity index (χ3v) is 0.865. The summed E-state index contributed by atoms with van der Waals surface area (Å²) < 4.78 is 60.4. The summed E-state index contributed by atoms with van der Waals surface area (Å²) >= 11 is 0. The molecule has 0 spiro atoms. The molecule has 0 saturated heterocycles. The molecule has 0 fully saturated rings. The van der Waals surface area contributed by atoms with Crippen LogP contribution in [-0.4, -0.2) is 11.9 Å². The van der Waals surface area contributed by atoms with Crippen molar-refractivity contribution in [3.8, 4) is 11.6 Å². The Kier molecular flexibility index (Phi) is 23.2. The van der Waals surface area contributed by atoms with Crippen LogP contribution in [-0.2, 0) is 18.7 Å². The van der Waals surface area contributed by atoms with Gasteiger partial charge in [-0.05, 0) is 0 Å². The minimum atomic E-state index is -5.34. The quantitative estimate of drug-likeness (QED) is 0.184. The minimum Gasteiger partial charge on any atom is -0.543 e. The number of hydrogen-bond donors (Lipinski definition) is 0. The van der Waals surface area contributed by atoms with Gasteiger partial charge in [-0.25, -0.2) is 9.13 Å². The van der Waals surface area contributed by atoms with Crippen molar-refractivity contribution in [1.29, 1.82) is 10.5 Å². The number of rotatable bonds is 0. The topological polar surface area (TPSA) is 162 Å². The summed E-state index contributed by atoms with van der Waals surface area (Å²) in [5, 5.41) is 32.1. The van der Waals surface area contributed by atoms with E-state index in [0.29, 0.717) is 11.6 Å². The normalized spacial score (nSPS) is 8.30. The molecule has 20 heavy (non-hydrogen) atoms. The van der Waals surface area contributed by atoms with Crippen molar-refractivity contribution >= 4 is 27.5 Å². The van der Waals surface area contributed by atoms with Crippen molar-refractivity contribution in [3.05, 3.63) is 0 Å². The fraction of sp³-hybridized carbons (Fsp3) is 0. The number of aliphatic carboxylic acids is 2. The van der Waals surface area contributed by atoms with Crippen molar-refractivity contribution in [3.63, 3.8) is 0 Å². The zero-order valence-electron chi connectivity index (χ0n) is 9.75. The van der Waals surface area contributed by atoms with Crippen molar-refractivity contribution in [2.45, 2.75) is 0 Å². The Labute approximate surface area is 133 Å². The molecule has 0 aliphatic rings. The Hall–Kier alpha value is -0.705. The van der Waals surface area contributed by atoms with Gasteiger partial charge >= 0.3 is 53.2 Å². The van der Waals surface area contributed by atoms with E-state index in [1.54, 1.807) is 0 Å². The maximum atomic E-state index is 10.6. The first kappa shape index (κ1) is 31.6. The van der Waals surface area contributed by atoms with E-state index < -0.39 is 27.5 Å². The van der Waals surface area contributed by atoms with Gasteiger partial charge in [-0.15, -0.1) is 16.8 Å². The van der Waals surface area contributed by atoms with Crippen LogP contribution in [0, 0.1) is 22.1 Å². The number of carboxylic acids is 2. The summed E-state index contributed by atoms with van der Waals surface area (Å²) in [7, 11) is -10.7. The fourth-order valence-electron chi connectivity index (χ4n) is 0. The number of nitrogens with zero attached hydrogens (tertiary/aromatic N) is 2. The first-order chi connectivity index (χ1) is 7.76. The van der Waals surface area contributed by atoms with Gasteiger partial charge in [-0.3, -0.25) is 0 Å². The molecular formula is C4F4Li2N2O6P2. The molecule has 0 heterocycles. The molecule has 8 nitrogen and oxygen atoms in total. The van der Waals surface area contributed by atoms with E-state index in [-0.39, 0.29) is 37.7 Å². The van der Waals surface area contributed by atoms with Gasteiger partial charge < -0.3 is 19.8 Å². The fourth-order valence-corrected chi connectivity index (χ4v) is 0. The summed E-state index contributed by atoms with van der Waals surface area (Å²) in [6.45, 7) is 0. The number of carboxylic acid groups (broad SMARTS) is 2. The molecule has 0 N–H and O–H groups in total. The van der Waals surface area contributed by atoms with Crippen molar-refractivity contribution < 1.29 is 83.4 Å². The third kappa shape index (κ3) is 53.2. The smallest absolute Gasteiger partial charge is 0.543 e. The molecule has 0 radical (unpaired) electrons. The average molecular weight is 324 g/mol. The van der Waals surface area contributed by atoms with Crippen LogP contribution in [0.4, 0.5) is 16.8 Å². The van der Waals surface area contributed by atoms with Crippen molar-refractivity contribution in [2.24, 2.45) is 0 Å². The molecule has 0 aliphatic heterocycles. The Morgan fingerprint density at radius 1 is 0.800 bits per heavy atom. The van der Waals surface area contributed by atoms with E-state index in [1.807, 2.05) is 0 Å². The van der Waals surface area contributed by atoms with Gasteiger partial charge in [0.1, 0.15) is 0 Å². The molecule has 0 saturated carbocycles. The maximum Gasteiger partial charge on any atom is 1.00 e. The van der Waals surface area contributed by atoms with E-state index >= 15 is 0 Å². The van der Waals surface area contributed by atoms with Crippen LogP contribution in [0.25, 0.3) is 0 Å². The summed E-state index contributed by atoms with van der Waals surface area (Å²) in [6, 6.07) is 0. The second-order valence-corrected chi connectivity index (χ2v) is 3.95. The molecule has 0 unspecified atom stereocenters. The molecular weight excluding hydrogens is 324 g/mol. The van der Waals surface area contributed by atoms with E-state index in [1.165, 1.54) is 0 Å². The monoisotopic (exact) mass is 324 g/mol. The summed E-state index contributed by atoms with van der Waals surface area (Å²) in [5.41, 5.74) is 0. The second kappa shape index (κ2) is 14.7. The predicted molar refractivity (Wildman–Crippen MR) is 40.9 cm³/mol. The summed E-state index contributed by atoms with van der Waals surface area (Å²) in [5.74, 6) is -3.72. The second-order valence-electron chi connectivity index (χ2n) is 1.70. The van der Waals surface area contributed by atoms with Crippen LogP contribution in [0.1, 0.15) is 0 Å². The molecule has 0 amide bonds. The van der Waals surface area contributed by atoms with Gasteiger partial charge in [0, 0.05) is 0 Å². The van der Waals surface area contributed by atoms with Crippen LogP contribution in [0.5, 0.6) is 0 Å². The van der Waals surface area contributed by atoms with E-state index in [9.17, 15) is 16.8 Å². The summed E-state index contributed by atoms with van der Waals surface area (Å²) in [6.07, 6.45) is 0. The van der Waals surface area contributed by atoms with Crippen molar-refractivity contribution in [1.82, 2.24) is 0 Å². The molecule has 0 aromatic carbocycles. The minimum absolute atomic E-state index is 0. The maximum absolute atomic E-state index is 10.6. The van der Waals surface area contributed by atoms with Crippen LogP contribution in [0.15, 0.2) is 0 Å². The standard InChI is InChI=1S/C2H2O4.2CF2NOP.2Li/c3-1(4)2(5)6;2*2-6(3,5)1-4;;/h(H,3,4)(H,5,6);;;;/q;;;2*+1/p-2. The van der Waals surface area contributed by atoms with E-state index in [4.69, 9.17) is 39.5 Å². The molecule has 0 aromatic heterocycles. The van der Waals surface area contributed by atoms with Gasteiger partial charge in [0.15, 0.2) is 11.6 Å². The Balaban J connectivity index is -0.0000000536. The number of carbonyl (C=O) groups excluding carboxylic acids is 2. The largest absolute Gasteiger partial charge is 1.00 e. The molecule has 16 heteroatoms. The van der Waals surface area contributed by atoms with Gasteiger partial charge in [-0.1, -0.05) is 0 Å². The zero-order valence-corrected chi connectivity index (χ0v) is 11.5. The molecule has 102 valence electrons. The Morgan fingerprint density at radius 3 is 0.900 bits per heavy atom. The van der Waals surface area contributed by atoms with E-state index in [0.717, 1.165) is 0 Å². The van der Waals surface area contributed by atoms with Gasteiger partial charge in [-0.2, -0.15) is 10.5 Å². The molecule has 0 rings (SSSR count). The summed E-state index contributed by atoms with van der Waals surface area (Å²) in [4.78, 5) is 17.9. The Morgan fingerprint density at radius 2 is 0.900 bits per heavy atom. The average Bonchev–Trinajstić information content (AvgIpc) is 2.17. The number of nitriles is 2. The number of hydrogen-bond acceptors (Lipinski definition) is 8.